The molecule has 1 aromatic rings. The Hall–Kier alpha value is -1.48. The number of rotatable bonds is 2. The highest BCUT2D eigenvalue weighted by molar-refractivity contribution is 5.21. The Bertz CT molecular complexity index is 462. The number of nitrogen functional groups attached to an aromatic ring is 1. The van der Waals surface area contributed by atoms with Crippen LogP contribution < -0.4 is 11.3 Å². The summed E-state index contributed by atoms with van der Waals surface area (Å²) in [7, 11) is 0. The van der Waals surface area contributed by atoms with E-state index in [0.29, 0.717) is 0 Å². The van der Waals surface area contributed by atoms with E-state index in [0.717, 1.165) is 0 Å². The van der Waals surface area contributed by atoms with Crippen molar-refractivity contribution in [1.29, 1.82) is 0 Å². The van der Waals surface area contributed by atoms with Gasteiger partial charge in [-0.15, -0.1) is 0 Å². The lowest BCUT2D eigenvalue weighted by molar-refractivity contribution is -0.0232. The summed E-state index contributed by atoms with van der Waals surface area (Å²) in [5.74, 6) is -0.0505. The lowest BCUT2D eigenvalue weighted by Crippen LogP contribution is -2.33. The van der Waals surface area contributed by atoms with Crippen LogP contribution in [0, 0.1) is 0 Å². The zero-order valence-electron chi connectivity index (χ0n) is 8.78. The van der Waals surface area contributed by atoms with Gasteiger partial charge in [-0.25, -0.2) is 4.98 Å². The van der Waals surface area contributed by atoms with Gasteiger partial charge in [0.05, 0.1) is 12.2 Å². The Morgan fingerprint density at radius 3 is 2.71 bits per heavy atom. The average molecular weight is 243 g/mol. The molecule has 94 valence electrons. The monoisotopic (exact) mass is 243 g/mol. The molecule has 0 saturated carbocycles. The van der Waals surface area contributed by atoms with E-state index < -0.39 is 36.6 Å². The minimum Gasteiger partial charge on any atom is -0.394 e. The molecule has 0 amide bonds. The largest absolute Gasteiger partial charge is 0.394 e. The van der Waals surface area contributed by atoms with Gasteiger partial charge < -0.3 is 25.8 Å². The van der Waals surface area contributed by atoms with E-state index in [-0.39, 0.29) is 11.5 Å². The second kappa shape index (κ2) is 4.41. The first-order valence-corrected chi connectivity index (χ1v) is 5.01. The second-order valence-electron chi connectivity index (χ2n) is 3.81. The van der Waals surface area contributed by atoms with E-state index >= 15 is 0 Å². The van der Waals surface area contributed by atoms with Gasteiger partial charge in [0.1, 0.15) is 24.4 Å². The minimum absolute atomic E-state index is 0.0505. The predicted octanol–water partition coefficient (Wildman–Crippen LogP) is -2.49. The standard InChI is InChI=1S/C9H13N3O5/c10-9-11-1-3(8(16)12-9)7-6(15)5(14)4(2-13)17-7/h1,4-7,13-15H,2H2,(H3,10,11,12,16)/t4-,5+,6+,7+/m0/s1. The Balaban J connectivity index is 2.32. The third kappa shape index (κ3) is 2.03. The van der Waals surface area contributed by atoms with Crippen molar-refractivity contribution in [2.45, 2.75) is 24.4 Å². The van der Waals surface area contributed by atoms with Gasteiger partial charge >= 0.3 is 0 Å². The summed E-state index contributed by atoms with van der Waals surface area (Å²) in [5, 5.41) is 28.2. The summed E-state index contributed by atoms with van der Waals surface area (Å²) >= 11 is 0. The van der Waals surface area contributed by atoms with Crippen LogP contribution in [0.25, 0.3) is 0 Å². The van der Waals surface area contributed by atoms with Crippen molar-refractivity contribution in [2.24, 2.45) is 0 Å². The molecule has 1 saturated heterocycles. The van der Waals surface area contributed by atoms with Crippen molar-refractivity contribution < 1.29 is 20.1 Å². The van der Waals surface area contributed by atoms with Gasteiger partial charge in [0.25, 0.3) is 5.56 Å². The van der Waals surface area contributed by atoms with E-state index in [1.54, 1.807) is 0 Å². The number of aliphatic hydroxyl groups excluding tert-OH is 3. The highest BCUT2D eigenvalue weighted by atomic mass is 16.6. The number of aromatic nitrogens is 2. The van der Waals surface area contributed by atoms with Crippen LogP contribution >= 0.6 is 0 Å². The van der Waals surface area contributed by atoms with Gasteiger partial charge in [-0.3, -0.25) is 9.78 Å². The Labute approximate surface area is 95.7 Å². The minimum atomic E-state index is -1.29. The highest BCUT2D eigenvalue weighted by Crippen LogP contribution is 2.31. The van der Waals surface area contributed by atoms with Crippen molar-refractivity contribution >= 4 is 5.95 Å². The fourth-order valence-electron chi connectivity index (χ4n) is 1.78. The lowest BCUT2D eigenvalue weighted by atomic mass is 10.0. The molecule has 1 aliphatic heterocycles. The first-order valence-electron chi connectivity index (χ1n) is 5.01. The third-order valence-electron chi connectivity index (χ3n) is 2.70. The summed E-state index contributed by atoms with van der Waals surface area (Å²) in [6, 6.07) is 0. The van der Waals surface area contributed by atoms with E-state index in [4.69, 9.17) is 15.6 Å². The molecule has 0 radical (unpaired) electrons. The molecule has 4 atom stereocenters. The van der Waals surface area contributed by atoms with Crippen LogP contribution in [0.15, 0.2) is 11.0 Å². The van der Waals surface area contributed by atoms with Crippen LogP contribution in [0.3, 0.4) is 0 Å². The van der Waals surface area contributed by atoms with Gasteiger partial charge in [-0.05, 0) is 0 Å². The SMILES string of the molecule is Nc1ncc([C@H]2O[C@@H](CO)[C@@H](O)[C@H]2O)c(=O)[nH]1. The molecule has 0 aromatic carbocycles. The molecule has 0 unspecified atom stereocenters. The number of nitrogens with two attached hydrogens (primary N) is 1. The maximum Gasteiger partial charge on any atom is 0.258 e. The normalized spacial score (nSPS) is 32.9. The van der Waals surface area contributed by atoms with Gasteiger partial charge in [-0.1, -0.05) is 0 Å². The fraction of sp³-hybridized carbons (Fsp3) is 0.556. The first-order chi connectivity index (χ1) is 8.04. The molecule has 1 fully saturated rings. The molecule has 0 spiro atoms. The Morgan fingerprint density at radius 2 is 2.18 bits per heavy atom. The first kappa shape index (κ1) is 12.0. The quantitative estimate of drug-likeness (QED) is 0.386. The van der Waals surface area contributed by atoms with Crippen LogP contribution in [0.1, 0.15) is 11.7 Å². The molecular weight excluding hydrogens is 230 g/mol. The van der Waals surface area contributed by atoms with Crippen molar-refractivity contribution in [2.75, 3.05) is 12.3 Å². The highest BCUT2D eigenvalue weighted by Gasteiger charge is 2.44. The zero-order chi connectivity index (χ0) is 12.6. The molecular formula is C9H13N3O5. The summed E-state index contributed by atoms with van der Waals surface area (Å²) in [6.07, 6.45) is -3.32. The molecule has 8 heteroatoms. The van der Waals surface area contributed by atoms with E-state index in [9.17, 15) is 15.0 Å². The van der Waals surface area contributed by atoms with Crippen LogP contribution in [-0.2, 0) is 4.74 Å². The summed E-state index contributed by atoms with van der Waals surface area (Å²) in [5.41, 5.74) is 4.79. The molecule has 17 heavy (non-hydrogen) atoms. The fourth-order valence-corrected chi connectivity index (χ4v) is 1.78. The number of nitrogens with one attached hydrogen (secondary N) is 1. The topological polar surface area (TPSA) is 142 Å². The predicted molar refractivity (Wildman–Crippen MR) is 56.0 cm³/mol. The van der Waals surface area contributed by atoms with Crippen LogP contribution in [0.5, 0.6) is 0 Å². The lowest BCUT2D eigenvalue weighted by Gasteiger charge is -2.13. The Kier molecular flexibility index (Phi) is 3.11. The molecule has 6 N–H and O–H groups in total. The number of aromatic amines is 1. The maximum atomic E-state index is 11.6. The summed E-state index contributed by atoms with van der Waals surface area (Å²) in [6.45, 7) is -0.449. The van der Waals surface area contributed by atoms with Crippen molar-refractivity contribution in [3.8, 4) is 0 Å². The maximum absolute atomic E-state index is 11.6. The number of aliphatic hydroxyl groups is 3. The van der Waals surface area contributed by atoms with Crippen molar-refractivity contribution in [1.82, 2.24) is 9.97 Å². The molecule has 1 aliphatic rings. The number of ether oxygens (including phenoxy) is 1. The van der Waals surface area contributed by atoms with Gasteiger partial charge in [0, 0.05) is 6.20 Å². The van der Waals surface area contributed by atoms with E-state index in [1.165, 1.54) is 6.20 Å². The second-order valence-corrected chi connectivity index (χ2v) is 3.81. The number of H-pyrrole nitrogens is 1. The zero-order valence-corrected chi connectivity index (χ0v) is 8.78. The average Bonchev–Trinajstić information content (AvgIpc) is 2.57. The number of nitrogens with zero attached hydrogens (tertiary/aromatic N) is 1. The van der Waals surface area contributed by atoms with Crippen LogP contribution in [0.2, 0.25) is 0 Å². The number of anilines is 1. The summed E-state index contributed by atoms with van der Waals surface area (Å²) in [4.78, 5) is 17.5. The van der Waals surface area contributed by atoms with Crippen molar-refractivity contribution in [3.63, 3.8) is 0 Å². The van der Waals surface area contributed by atoms with Crippen molar-refractivity contribution in [3.05, 3.63) is 22.1 Å². The number of hydrogen-bond acceptors (Lipinski definition) is 7. The molecule has 8 nitrogen and oxygen atoms in total. The number of hydrogen-bond donors (Lipinski definition) is 5. The van der Waals surface area contributed by atoms with Gasteiger partial charge in [0.2, 0.25) is 0 Å². The molecule has 2 rings (SSSR count). The third-order valence-corrected chi connectivity index (χ3v) is 2.70. The Morgan fingerprint density at radius 1 is 1.47 bits per heavy atom. The molecule has 0 bridgehead atoms. The molecule has 2 heterocycles. The van der Waals surface area contributed by atoms with Crippen LogP contribution in [0.4, 0.5) is 5.95 Å². The smallest absolute Gasteiger partial charge is 0.258 e. The van der Waals surface area contributed by atoms with E-state index in [2.05, 4.69) is 9.97 Å². The van der Waals surface area contributed by atoms with Gasteiger partial charge in [0.15, 0.2) is 5.95 Å². The molecule has 0 aliphatic carbocycles. The molecule has 1 aromatic heterocycles. The van der Waals surface area contributed by atoms with Crippen LogP contribution in [-0.4, -0.2) is 50.2 Å². The van der Waals surface area contributed by atoms with Gasteiger partial charge in [-0.2, -0.15) is 0 Å². The summed E-state index contributed by atoms with van der Waals surface area (Å²) < 4.78 is 5.19. The van der Waals surface area contributed by atoms with E-state index in [1.807, 2.05) is 0 Å².